The number of nitrogens with one attached hydrogen (secondary N) is 2. The summed E-state index contributed by atoms with van der Waals surface area (Å²) in [4.78, 5) is 11.4. The van der Waals surface area contributed by atoms with Crippen LogP contribution in [-0.2, 0) is 27.5 Å². The van der Waals surface area contributed by atoms with E-state index in [4.69, 9.17) is 0 Å². The van der Waals surface area contributed by atoms with E-state index in [2.05, 4.69) is 10.0 Å². The minimum atomic E-state index is -4.52. The number of benzene rings is 2. The molecular formula is C18H17F3N2O3S. The highest BCUT2D eigenvalue weighted by Gasteiger charge is 2.31. The van der Waals surface area contributed by atoms with Crippen LogP contribution in [0.5, 0.6) is 0 Å². The fraction of sp³-hybridized carbons (Fsp3) is 0.278. The number of rotatable bonds is 6. The summed E-state index contributed by atoms with van der Waals surface area (Å²) < 4.78 is 64.4. The van der Waals surface area contributed by atoms with Gasteiger partial charge in [0.15, 0.2) is 0 Å². The molecule has 1 amide bonds. The highest BCUT2D eigenvalue weighted by Crippen LogP contribution is 2.30. The van der Waals surface area contributed by atoms with Crippen LogP contribution < -0.4 is 10.0 Å². The molecular weight excluding hydrogens is 381 g/mol. The molecule has 9 heteroatoms. The van der Waals surface area contributed by atoms with Gasteiger partial charge in [-0.05, 0) is 54.8 Å². The lowest BCUT2D eigenvalue weighted by Crippen LogP contribution is -2.23. The second kappa shape index (κ2) is 7.32. The van der Waals surface area contributed by atoms with Crippen molar-refractivity contribution in [2.45, 2.75) is 30.5 Å². The minimum Gasteiger partial charge on any atom is -0.326 e. The molecule has 3 rings (SSSR count). The lowest BCUT2D eigenvalue weighted by molar-refractivity contribution is -0.137. The molecule has 2 aromatic rings. The minimum absolute atomic E-state index is 0.0224. The first-order valence-electron chi connectivity index (χ1n) is 8.22. The summed E-state index contributed by atoms with van der Waals surface area (Å²) >= 11 is 0. The third-order valence-corrected chi connectivity index (χ3v) is 5.55. The predicted octanol–water partition coefficient (Wildman–Crippen LogP) is 3.53. The highest BCUT2D eigenvalue weighted by atomic mass is 32.2. The highest BCUT2D eigenvalue weighted by molar-refractivity contribution is 7.89. The Bertz CT molecular complexity index is 920. The summed E-state index contributed by atoms with van der Waals surface area (Å²) in [6, 6.07) is 9.96. The molecule has 0 unspecified atom stereocenters. The van der Waals surface area contributed by atoms with Crippen LogP contribution in [0.2, 0.25) is 0 Å². The van der Waals surface area contributed by atoms with Crippen molar-refractivity contribution in [3.8, 4) is 0 Å². The van der Waals surface area contributed by atoms with Gasteiger partial charge in [0.05, 0.1) is 10.5 Å². The summed E-state index contributed by atoms with van der Waals surface area (Å²) in [5.41, 5.74) is 0.362. The fourth-order valence-corrected chi connectivity index (χ4v) is 3.40. The van der Waals surface area contributed by atoms with E-state index in [9.17, 15) is 26.4 Å². The van der Waals surface area contributed by atoms with Crippen LogP contribution in [0.3, 0.4) is 0 Å². The number of halogens is 3. The van der Waals surface area contributed by atoms with E-state index in [0.717, 1.165) is 37.1 Å². The van der Waals surface area contributed by atoms with Crippen LogP contribution in [0.1, 0.15) is 24.0 Å². The van der Waals surface area contributed by atoms with E-state index < -0.39 is 21.8 Å². The first-order valence-corrected chi connectivity index (χ1v) is 9.70. The Labute approximate surface area is 154 Å². The van der Waals surface area contributed by atoms with Crippen molar-refractivity contribution in [2.24, 2.45) is 5.92 Å². The van der Waals surface area contributed by atoms with Crippen molar-refractivity contribution in [2.75, 3.05) is 5.32 Å². The van der Waals surface area contributed by atoms with Crippen LogP contribution in [-0.4, -0.2) is 14.3 Å². The maximum Gasteiger partial charge on any atom is 0.416 e. The third kappa shape index (κ3) is 5.08. The molecule has 2 aromatic carbocycles. The van der Waals surface area contributed by atoms with Gasteiger partial charge in [-0.25, -0.2) is 13.1 Å². The molecule has 0 spiro atoms. The third-order valence-electron chi connectivity index (χ3n) is 4.13. The van der Waals surface area contributed by atoms with E-state index >= 15 is 0 Å². The van der Waals surface area contributed by atoms with E-state index in [-0.39, 0.29) is 23.3 Å². The first kappa shape index (κ1) is 19.4. The van der Waals surface area contributed by atoms with Crippen molar-refractivity contribution in [1.29, 1.82) is 0 Å². The molecule has 1 fully saturated rings. The molecule has 0 radical (unpaired) electrons. The number of hydrogen-bond donors (Lipinski definition) is 2. The molecule has 1 aliphatic carbocycles. The summed E-state index contributed by atoms with van der Waals surface area (Å²) in [7, 11) is -3.94. The maximum absolute atomic E-state index is 12.6. The van der Waals surface area contributed by atoms with E-state index in [0.29, 0.717) is 11.3 Å². The number of sulfonamides is 1. The standard InChI is InChI=1S/C18H17F3N2O3S/c19-18(20,21)14-5-9-16(10-6-14)27(25,26)22-11-12-1-7-15(8-2-12)23-17(24)13-3-4-13/h1-2,5-10,13,22H,3-4,11H2,(H,23,24). The number of hydrogen-bond acceptors (Lipinski definition) is 3. The number of amides is 1. The van der Waals surface area contributed by atoms with Crippen molar-refractivity contribution >= 4 is 21.6 Å². The normalized spacial score (nSPS) is 14.8. The SMILES string of the molecule is O=C(Nc1ccc(CNS(=O)(=O)c2ccc(C(F)(F)F)cc2)cc1)C1CC1. The summed E-state index contributed by atoms with van der Waals surface area (Å²) in [6.07, 6.45) is -2.72. The van der Waals surface area contributed by atoms with Gasteiger partial charge in [-0.15, -0.1) is 0 Å². The lowest BCUT2D eigenvalue weighted by atomic mass is 10.2. The summed E-state index contributed by atoms with van der Waals surface area (Å²) in [5, 5.41) is 2.78. The number of anilines is 1. The molecule has 2 N–H and O–H groups in total. The van der Waals surface area contributed by atoms with Gasteiger partial charge in [0.1, 0.15) is 0 Å². The second-order valence-electron chi connectivity index (χ2n) is 6.31. The van der Waals surface area contributed by atoms with Crippen LogP contribution in [0.25, 0.3) is 0 Å². The van der Waals surface area contributed by atoms with Crippen LogP contribution in [0.4, 0.5) is 18.9 Å². The average Bonchev–Trinajstić information content (AvgIpc) is 3.46. The molecule has 1 aliphatic rings. The van der Waals surface area contributed by atoms with Crippen molar-refractivity contribution in [3.63, 3.8) is 0 Å². The molecule has 0 aliphatic heterocycles. The number of alkyl halides is 3. The van der Waals surface area contributed by atoms with Crippen molar-refractivity contribution < 1.29 is 26.4 Å². The molecule has 27 heavy (non-hydrogen) atoms. The van der Waals surface area contributed by atoms with E-state index in [1.165, 1.54) is 0 Å². The van der Waals surface area contributed by atoms with Gasteiger partial charge in [0, 0.05) is 18.2 Å². The fourth-order valence-electron chi connectivity index (χ4n) is 2.38. The Morgan fingerprint density at radius 1 is 1.00 bits per heavy atom. The zero-order chi connectivity index (χ0) is 19.7. The van der Waals surface area contributed by atoms with Gasteiger partial charge >= 0.3 is 6.18 Å². The van der Waals surface area contributed by atoms with Crippen molar-refractivity contribution in [3.05, 3.63) is 59.7 Å². The molecule has 0 bridgehead atoms. The molecule has 0 aromatic heterocycles. The molecule has 5 nitrogen and oxygen atoms in total. The maximum atomic E-state index is 12.6. The van der Waals surface area contributed by atoms with Gasteiger partial charge in [0.25, 0.3) is 0 Å². The lowest BCUT2D eigenvalue weighted by Gasteiger charge is -2.10. The topological polar surface area (TPSA) is 75.3 Å². The van der Waals surface area contributed by atoms with Gasteiger partial charge in [-0.3, -0.25) is 4.79 Å². The van der Waals surface area contributed by atoms with E-state index in [1.807, 2.05) is 0 Å². The Balaban J connectivity index is 1.60. The predicted molar refractivity (Wildman–Crippen MR) is 93.3 cm³/mol. The number of carbonyl (C=O) groups excluding carboxylic acids is 1. The Hall–Kier alpha value is -2.39. The Kier molecular flexibility index (Phi) is 5.25. The zero-order valence-corrected chi connectivity index (χ0v) is 14.9. The van der Waals surface area contributed by atoms with Crippen LogP contribution in [0.15, 0.2) is 53.4 Å². The molecule has 0 atom stereocenters. The monoisotopic (exact) mass is 398 g/mol. The zero-order valence-electron chi connectivity index (χ0n) is 14.1. The Morgan fingerprint density at radius 3 is 2.11 bits per heavy atom. The summed E-state index contributed by atoms with van der Waals surface area (Å²) in [5.74, 6) is 0.0611. The quantitative estimate of drug-likeness (QED) is 0.782. The molecule has 1 saturated carbocycles. The van der Waals surface area contributed by atoms with Gasteiger partial charge in [-0.1, -0.05) is 12.1 Å². The van der Waals surface area contributed by atoms with Gasteiger partial charge < -0.3 is 5.32 Å². The smallest absolute Gasteiger partial charge is 0.326 e. The van der Waals surface area contributed by atoms with Gasteiger partial charge in [0.2, 0.25) is 15.9 Å². The molecule has 0 saturated heterocycles. The second-order valence-corrected chi connectivity index (χ2v) is 8.07. The largest absolute Gasteiger partial charge is 0.416 e. The van der Waals surface area contributed by atoms with Gasteiger partial charge in [-0.2, -0.15) is 13.2 Å². The van der Waals surface area contributed by atoms with Crippen molar-refractivity contribution in [1.82, 2.24) is 4.72 Å². The van der Waals surface area contributed by atoms with E-state index in [1.54, 1.807) is 24.3 Å². The Morgan fingerprint density at radius 2 is 1.59 bits per heavy atom. The first-order chi connectivity index (χ1) is 12.6. The van der Waals surface area contributed by atoms with Crippen LogP contribution >= 0.6 is 0 Å². The molecule has 0 heterocycles. The number of carbonyl (C=O) groups is 1. The molecule has 144 valence electrons. The summed E-state index contributed by atoms with van der Waals surface area (Å²) in [6.45, 7) is -0.0276. The average molecular weight is 398 g/mol. The van der Waals surface area contributed by atoms with Crippen LogP contribution in [0, 0.1) is 5.92 Å².